The second-order valence-electron chi connectivity index (χ2n) is 4.65. The zero-order chi connectivity index (χ0) is 11.5. The number of benzene rings is 1. The molecule has 2 heteroatoms. The molecule has 0 radical (unpaired) electrons. The molecule has 0 aliphatic carbocycles. The highest BCUT2D eigenvalue weighted by atomic mass is 16.3. The van der Waals surface area contributed by atoms with Crippen molar-refractivity contribution in [2.45, 2.75) is 39.3 Å². The van der Waals surface area contributed by atoms with Gasteiger partial charge in [0.05, 0.1) is 0 Å². The van der Waals surface area contributed by atoms with E-state index in [4.69, 9.17) is 0 Å². The molecular formula is C13H21NO. The maximum atomic E-state index is 9.67. The van der Waals surface area contributed by atoms with Crippen LogP contribution in [0.15, 0.2) is 24.3 Å². The Balaban J connectivity index is 2.75. The van der Waals surface area contributed by atoms with Gasteiger partial charge in [-0.05, 0) is 33.4 Å². The number of rotatable bonds is 4. The topological polar surface area (TPSA) is 23.5 Å². The van der Waals surface area contributed by atoms with Crippen LogP contribution < -0.4 is 0 Å². The Kier molecular flexibility index (Phi) is 3.75. The van der Waals surface area contributed by atoms with Crippen molar-refractivity contribution in [3.63, 3.8) is 0 Å². The van der Waals surface area contributed by atoms with Crippen LogP contribution in [-0.2, 0) is 6.54 Å². The van der Waals surface area contributed by atoms with Crippen LogP contribution in [-0.4, -0.2) is 22.6 Å². The number of para-hydroxylation sites is 1. The van der Waals surface area contributed by atoms with E-state index >= 15 is 0 Å². The Labute approximate surface area is 92.5 Å². The van der Waals surface area contributed by atoms with Crippen molar-refractivity contribution < 1.29 is 5.11 Å². The third-order valence-corrected chi connectivity index (χ3v) is 3.30. The van der Waals surface area contributed by atoms with E-state index < -0.39 is 0 Å². The number of hydrogen-bond acceptors (Lipinski definition) is 2. The molecule has 0 saturated carbocycles. The van der Waals surface area contributed by atoms with Gasteiger partial charge in [0.1, 0.15) is 5.75 Å². The van der Waals surface area contributed by atoms with Crippen molar-refractivity contribution in [2.24, 2.45) is 0 Å². The largest absolute Gasteiger partial charge is 0.508 e. The molecule has 0 spiro atoms. The van der Waals surface area contributed by atoms with Gasteiger partial charge in [-0.15, -0.1) is 0 Å². The first-order chi connectivity index (χ1) is 6.97. The van der Waals surface area contributed by atoms with Gasteiger partial charge in [-0.25, -0.2) is 0 Å². The lowest BCUT2D eigenvalue weighted by Gasteiger charge is -2.34. The summed E-state index contributed by atoms with van der Waals surface area (Å²) in [6, 6.07) is 7.52. The predicted octanol–water partition coefficient (Wildman–Crippen LogP) is 3.01. The van der Waals surface area contributed by atoms with Gasteiger partial charge in [0, 0.05) is 17.6 Å². The molecule has 0 fully saturated rings. The average molecular weight is 207 g/mol. The molecule has 1 N–H and O–H groups in total. The van der Waals surface area contributed by atoms with Crippen LogP contribution in [0.2, 0.25) is 0 Å². The highest BCUT2D eigenvalue weighted by Gasteiger charge is 2.21. The summed E-state index contributed by atoms with van der Waals surface area (Å²) in [5, 5.41) is 9.67. The maximum Gasteiger partial charge on any atom is 0.120 e. The zero-order valence-corrected chi connectivity index (χ0v) is 10.1. The Bertz CT molecular complexity index is 320. The summed E-state index contributed by atoms with van der Waals surface area (Å²) in [6.45, 7) is 7.40. The molecule has 1 aromatic rings. The van der Waals surface area contributed by atoms with E-state index in [1.54, 1.807) is 6.07 Å². The summed E-state index contributed by atoms with van der Waals surface area (Å²) in [5.41, 5.74) is 1.16. The molecule has 0 aliphatic heterocycles. The first-order valence-corrected chi connectivity index (χ1v) is 5.45. The lowest BCUT2D eigenvalue weighted by Crippen LogP contribution is -2.39. The minimum absolute atomic E-state index is 0.169. The van der Waals surface area contributed by atoms with Crippen molar-refractivity contribution in [1.29, 1.82) is 0 Å². The van der Waals surface area contributed by atoms with Crippen molar-refractivity contribution in [2.75, 3.05) is 7.05 Å². The van der Waals surface area contributed by atoms with Crippen LogP contribution in [0.3, 0.4) is 0 Å². The van der Waals surface area contributed by atoms with E-state index in [0.29, 0.717) is 5.75 Å². The number of phenols is 1. The maximum absolute atomic E-state index is 9.67. The minimum Gasteiger partial charge on any atom is -0.508 e. The quantitative estimate of drug-likeness (QED) is 0.820. The monoisotopic (exact) mass is 207 g/mol. The lowest BCUT2D eigenvalue weighted by molar-refractivity contribution is 0.142. The molecule has 0 amide bonds. The summed E-state index contributed by atoms with van der Waals surface area (Å²) in [4.78, 5) is 2.27. The van der Waals surface area contributed by atoms with Crippen molar-refractivity contribution >= 4 is 0 Å². The Morgan fingerprint density at radius 3 is 2.40 bits per heavy atom. The van der Waals surface area contributed by atoms with E-state index in [1.165, 1.54) is 0 Å². The van der Waals surface area contributed by atoms with E-state index in [1.807, 2.05) is 18.2 Å². The Morgan fingerprint density at radius 2 is 1.87 bits per heavy atom. The molecule has 0 atom stereocenters. The van der Waals surface area contributed by atoms with E-state index in [0.717, 1.165) is 18.5 Å². The fourth-order valence-corrected chi connectivity index (χ4v) is 1.38. The summed E-state index contributed by atoms with van der Waals surface area (Å²) in [6.07, 6.45) is 1.09. The van der Waals surface area contributed by atoms with Crippen LogP contribution in [0.25, 0.3) is 0 Å². The summed E-state index contributed by atoms with van der Waals surface area (Å²) in [5.74, 6) is 0.385. The number of aromatic hydroxyl groups is 1. The fraction of sp³-hybridized carbons (Fsp3) is 0.538. The Morgan fingerprint density at radius 1 is 1.27 bits per heavy atom. The SMILES string of the molecule is CCC(C)(C)N(C)Cc1ccccc1O. The van der Waals surface area contributed by atoms with Crippen molar-refractivity contribution in [1.82, 2.24) is 4.90 Å². The van der Waals surface area contributed by atoms with Crippen molar-refractivity contribution in [3.8, 4) is 5.75 Å². The molecular weight excluding hydrogens is 186 g/mol. The number of hydrogen-bond donors (Lipinski definition) is 1. The second kappa shape index (κ2) is 4.67. The average Bonchev–Trinajstić information content (AvgIpc) is 2.21. The summed E-state index contributed by atoms with van der Waals surface area (Å²) >= 11 is 0. The first kappa shape index (κ1) is 12.1. The van der Waals surface area contributed by atoms with E-state index in [9.17, 15) is 5.11 Å². The molecule has 0 bridgehead atoms. The van der Waals surface area contributed by atoms with Gasteiger partial charge in [-0.2, -0.15) is 0 Å². The van der Waals surface area contributed by atoms with Gasteiger partial charge in [0.25, 0.3) is 0 Å². The Hall–Kier alpha value is -1.02. The number of phenolic OH excluding ortho intramolecular Hbond substituents is 1. The lowest BCUT2D eigenvalue weighted by atomic mass is 9.99. The van der Waals surface area contributed by atoms with Gasteiger partial charge < -0.3 is 5.11 Å². The molecule has 0 aromatic heterocycles. The first-order valence-electron chi connectivity index (χ1n) is 5.45. The van der Waals surface area contributed by atoms with Crippen LogP contribution in [0.5, 0.6) is 5.75 Å². The highest BCUT2D eigenvalue weighted by Crippen LogP contribution is 2.23. The summed E-state index contributed by atoms with van der Waals surface area (Å²) < 4.78 is 0. The molecule has 1 aromatic carbocycles. The van der Waals surface area contributed by atoms with Crippen molar-refractivity contribution in [3.05, 3.63) is 29.8 Å². The molecule has 0 aliphatic rings. The van der Waals surface area contributed by atoms with Crippen LogP contribution in [0.4, 0.5) is 0 Å². The smallest absolute Gasteiger partial charge is 0.120 e. The molecule has 0 saturated heterocycles. The second-order valence-corrected chi connectivity index (χ2v) is 4.65. The highest BCUT2D eigenvalue weighted by molar-refractivity contribution is 5.31. The van der Waals surface area contributed by atoms with Gasteiger partial charge in [-0.1, -0.05) is 25.1 Å². The number of nitrogens with zero attached hydrogens (tertiary/aromatic N) is 1. The van der Waals surface area contributed by atoms with E-state index in [-0.39, 0.29) is 5.54 Å². The van der Waals surface area contributed by atoms with Gasteiger partial charge in [-0.3, -0.25) is 4.90 Å². The van der Waals surface area contributed by atoms with Crippen LogP contribution in [0, 0.1) is 0 Å². The molecule has 0 heterocycles. The van der Waals surface area contributed by atoms with E-state index in [2.05, 4.69) is 32.7 Å². The fourth-order valence-electron chi connectivity index (χ4n) is 1.38. The predicted molar refractivity (Wildman–Crippen MR) is 63.9 cm³/mol. The van der Waals surface area contributed by atoms with Crippen LogP contribution in [0.1, 0.15) is 32.8 Å². The third-order valence-electron chi connectivity index (χ3n) is 3.30. The molecule has 15 heavy (non-hydrogen) atoms. The van der Waals surface area contributed by atoms with Gasteiger partial charge in [0.15, 0.2) is 0 Å². The molecule has 0 unspecified atom stereocenters. The normalized spacial score (nSPS) is 12.1. The third kappa shape index (κ3) is 2.96. The standard InChI is InChI=1S/C13H21NO/c1-5-13(2,3)14(4)10-11-8-6-7-9-12(11)15/h6-9,15H,5,10H2,1-4H3. The minimum atomic E-state index is 0.169. The van der Waals surface area contributed by atoms with Gasteiger partial charge >= 0.3 is 0 Å². The molecule has 1 rings (SSSR count). The van der Waals surface area contributed by atoms with Crippen LogP contribution >= 0.6 is 0 Å². The molecule has 2 nitrogen and oxygen atoms in total. The molecule has 84 valence electrons. The van der Waals surface area contributed by atoms with Gasteiger partial charge in [0.2, 0.25) is 0 Å². The summed E-state index contributed by atoms with van der Waals surface area (Å²) in [7, 11) is 2.09. The zero-order valence-electron chi connectivity index (χ0n) is 10.1.